The molecule has 2 aliphatic rings. The van der Waals surface area contributed by atoms with E-state index in [1.165, 1.54) is 0 Å². The summed E-state index contributed by atoms with van der Waals surface area (Å²) < 4.78 is 21.1. The topological polar surface area (TPSA) is 83.1 Å². The van der Waals surface area contributed by atoms with Crippen molar-refractivity contribution in [2.75, 3.05) is 26.6 Å². The number of hydrogen-bond donors (Lipinski definition) is 1. The number of carbonyl (C=O) groups excluding carboxylic acids is 2. The highest BCUT2D eigenvalue weighted by molar-refractivity contribution is 6.06. The molecule has 0 spiro atoms. The van der Waals surface area contributed by atoms with Gasteiger partial charge in [0, 0.05) is 5.92 Å². The number of carbonyl (C=O) groups is 2. The van der Waals surface area contributed by atoms with Crippen molar-refractivity contribution in [1.29, 1.82) is 0 Å². The van der Waals surface area contributed by atoms with Gasteiger partial charge in [-0.15, -0.1) is 0 Å². The first-order chi connectivity index (χ1) is 11.6. The molecule has 1 atom stereocenters. The summed E-state index contributed by atoms with van der Waals surface area (Å²) in [5, 5.41) is 3.03. The van der Waals surface area contributed by atoms with Gasteiger partial charge in [-0.2, -0.15) is 0 Å². The minimum Gasteiger partial charge on any atom is -0.464 e. The molecule has 0 radical (unpaired) electrons. The highest BCUT2D eigenvalue weighted by Gasteiger charge is 2.58. The highest BCUT2D eigenvalue weighted by atomic mass is 16.7. The van der Waals surface area contributed by atoms with Crippen LogP contribution in [0.5, 0.6) is 11.5 Å². The second-order valence-electron chi connectivity index (χ2n) is 5.63. The standard InChI is InChI=1S/C17H21NO6/c1-3-21-15(19)17(16(20)22-4-2)12(7-8-18-17)11-5-6-13-14(9-11)24-10-23-13/h5-6,9,12,18H,3-4,7-8,10H2,1-2H3/t12-/m1/s1. The molecule has 0 aromatic heterocycles. The van der Waals surface area contributed by atoms with E-state index in [2.05, 4.69) is 5.32 Å². The van der Waals surface area contributed by atoms with Crippen molar-refractivity contribution in [3.63, 3.8) is 0 Å². The molecule has 0 amide bonds. The Kier molecular flexibility index (Phi) is 4.62. The summed E-state index contributed by atoms with van der Waals surface area (Å²) >= 11 is 0. The number of fused-ring (bicyclic) bond motifs is 1. The lowest BCUT2D eigenvalue weighted by Crippen LogP contribution is -2.59. The molecule has 3 rings (SSSR count). The van der Waals surface area contributed by atoms with Crippen LogP contribution in [-0.2, 0) is 19.1 Å². The van der Waals surface area contributed by atoms with Gasteiger partial charge in [0.05, 0.1) is 13.2 Å². The van der Waals surface area contributed by atoms with Crippen LogP contribution in [0.3, 0.4) is 0 Å². The van der Waals surface area contributed by atoms with Gasteiger partial charge < -0.3 is 18.9 Å². The molecule has 130 valence electrons. The fourth-order valence-corrected chi connectivity index (χ4v) is 3.30. The second kappa shape index (κ2) is 6.68. The lowest BCUT2D eigenvalue weighted by molar-refractivity contribution is -0.166. The van der Waals surface area contributed by atoms with Gasteiger partial charge in [-0.1, -0.05) is 6.07 Å². The van der Waals surface area contributed by atoms with Gasteiger partial charge in [-0.05, 0) is 44.5 Å². The molecule has 7 nitrogen and oxygen atoms in total. The van der Waals surface area contributed by atoms with Gasteiger partial charge >= 0.3 is 11.9 Å². The first-order valence-corrected chi connectivity index (χ1v) is 8.12. The quantitative estimate of drug-likeness (QED) is 0.642. The van der Waals surface area contributed by atoms with Crippen molar-refractivity contribution in [2.45, 2.75) is 31.7 Å². The van der Waals surface area contributed by atoms with Crippen molar-refractivity contribution in [2.24, 2.45) is 0 Å². The molecule has 1 saturated heterocycles. The molecule has 1 fully saturated rings. The predicted octanol–water partition coefficient (Wildman–Crippen LogP) is 1.36. The Morgan fingerprint density at radius 3 is 2.50 bits per heavy atom. The molecule has 1 aromatic rings. The summed E-state index contributed by atoms with van der Waals surface area (Å²) in [4.78, 5) is 25.3. The normalized spacial score (nSPS) is 20.7. The molecule has 24 heavy (non-hydrogen) atoms. The monoisotopic (exact) mass is 335 g/mol. The van der Waals surface area contributed by atoms with Crippen LogP contribution in [0.4, 0.5) is 0 Å². The van der Waals surface area contributed by atoms with Crippen LogP contribution in [0.25, 0.3) is 0 Å². The Morgan fingerprint density at radius 1 is 1.17 bits per heavy atom. The Morgan fingerprint density at radius 2 is 1.83 bits per heavy atom. The fraction of sp³-hybridized carbons (Fsp3) is 0.529. The average Bonchev–Trinajstić information content (AvgIpc) is 3.22. The minimum absolute atomic E-state index is 0.169. The maximum atomic E-state index is 12.7. The van der Waals surface area contributed by atoms with Crippen LogP contribution >= 0.6 is 0 Å². The zero-order valence-electron chi connectivity index (χ0n) is 13.8. The van der Waals surface area contributed by atoms with E-state index in [1.54, 1.807) is 19.9 Å². The van der Waals surface area contributed by atoms with E-state index >= 15 is 0 Å². The summed E-state index contributed by atoms with van der Waals surface area (Å²) in [5.41, 5.74) is -0.718. The number of nitrogens with one attached hydrogen (secondary N) is 1. The molecular formula is C17H21NO6. The van der Waals surface area contributed by atoms with E-state index < -0.39 is 23.4 Å². The lowest BCUT2D eigenvalue weighted by Gasteiger charge is -2.31. The van der Waals surface area contributed by atoms with E-state index in [0.717, 1.165) is 5.56 Å². The van der Waals surface area contributed by atoms with Gasteiger partial charge in [0.15, 0.2) is 11.5 Å². The van der Waals surface area contributed by atoms with Gasteiger partial charge in [0.2, 0.25) is 12.3 Å². The zero-order chi connectivity index (χ0) is 17.2. The van der Waals surface area contributed by atoms with Crippen LogP contribution in [0.2, 0.25) is 0 Å². The summed E-state index contributed by atoms with van der Waals surface area (Å²) in [6, 6.07) is 5.45. The molecule has 7 heteroatoms. The Labute approximate surface area is 140 Å². The SMILES string of the molecule is CCOC(=O)C1(C(=O)OCC)NCC[C@@H]1c1ccc2c(c1)OCO2. The van der Waals surface area contributed by atoms with Crippen molar-refractivity contribution in [1.82, 2.24) is 5.32 Å². The Hall–Kier alpha value is -2.28. The van der Waals surface area contributed by atoms with Gasteiger partial charge in [0.1, 0.15) is 0 Å². The third kappa shape index (κ3) is 2.58. The van der Waals surface area contributed by atoms with E-state index in [0.29, 0.717) is 24.5 Å². The predicted molar refractivity (Wildman–Crippen MR) is 83.9 cm³/mol. The third-order valence-corrected chi connectivity index (χ3v) is 4.35. The van der Waals surface area contributed by atoms with Crippen LogP contribution in [0.15, 0.2) is 18.2 Å². The smallest absolute Gasteiger partial charge is 0.338 e. The second-order valence-corrected chi connectivity index (χ2v) is 5.63. The van der Waals surface area contributed by atoms with Gasteiger partial charge in [0.25, 0.3) is 0 Å². The maximum absolute atomic E-state index is 12.7. The van der Waals surface area contributed by atoms with E-state index in [1.807, 2.05) is 12.1 Å². The summed E-state index contributed by atoms with van der Waals surface area (Å²) in [6.45, 7) is 4.48. The molecule has 2 heterocycles. The Balaban J connectivity index is 2.00. The van der Waals surface area contributed by atoms with E-state index in [4.69, 9.17) is 18.9 Å². The van der Waals surface area contributed by atoms with E-state index in [9.17, 15) is 9.59 Å². The van der Waals surface area contributed by atoms with Gasteiger partial charge in [-0.3, -0.25) is 5.32 Å². The fourth-order valence-electron chi connectivity index (χ4n) is 3.30. The first-order valence-electron chi connectivity index (χ1n) is 8.12. The average molecular weight is 335 g/mol. The summed E-state index contributed by atoms with van der Waals surface area (Å²) in [7, 11) is 0. The molecule has 2 aliphatic heterocycles. The number of benzene rings is 1. The maximum Gasteiger partial charge on any atom is 0.338 e. The molecule has 0 unspecified atom stereocenters. The molecule has 0 bridgehead atoms. The van der Waals surface area contributed by atoms with Crippen molar-refractivity contribution in [3.05, 3.63) is 23.8 Å². The first kappa shape index (κ1) is 16.6. The third-order valence-electron chi connectivity index (χ3n) is 4.35. The number of hydrogen-bond acceptors (Lipinski definition) is 7. The molecular weight excluding hydrogens is 314 g/mol. The van der Waals surface area contributed by atoms with E-state index in [-0.39, 0.29) is 20.0 Å². The van der Waals surface area contributed by atoms with Gasteiger partial charge in [-0.25, -0.2) is 9.59 Å². The summed E-state index contributed by atoms with van der Waals surface area (Å²) in [5.74, 6) is -0.346. The Bertz CT molecular complexity index is 626. The van der Waals surface area contributed by atoms with Crippen LogP contribution < -0.4 is 14.8 Å². The largest absolute Gasteiger partial charge is 0.464 e. The minimum atomic E-state index is -1.53. The highest BCUT2D eigenvalue weighted by Crippen LogP contribution is 2.42. The molecule has 1 aromatic carbocycles. The van der Waals surface area contributed by atoms with Crippen LogP contribution in [0.1, 0.15) is 31.7 Å². The molecule has 0 aliphatic carbocycles. The number of ether oxygens (including phenoxy) is 4. The molecule has 1 N–H and O–H groups in total. The zero-order valence-corrected chi connectivity index (χ0v) is 13.8. The lowest BCUT2D eigenvalue weighted by atomic mass is 9.80. The number of rotatable bonds is 5. The number of esters is 2. The van der Waals surface area contributed by atoms with Crippen LogP contribution in [0, 0.1) is 0 Å². The van der Waals surface area contributed by atoms with Crippen LogP contribution in [-0.4, -0.2) is 44.0 Å². The van der Waals surface area contributed by atoms with Crippen molar-refractivity contribution in [3.8, 4) is 11.5 Å². The summed E-state index contributed by atoms with van der Waals surface area (Å²) in [6.07, 6.45) is 0.608. The molecule has 0 saturated carbocycles. The van der Waals surface area contributed by atoms with Crippen molar-refractivity contribution >= 4 is 11.9 Å². The van der Waals surface area contributed by atoms with Crippen molar-refractivity contribution < 1.29 is 28.5 Å².